The number of thiophene rings is 1. The lowest BCUT2D eigenvalue weighted by Gasteiger charge is -2.27. The van der Waals surface area contributed by atoms with Crippen LogP contribution in [0.5, 0.6) is 0 Å². The molecule has 2 heterocycles. The third-order valence-electron chi connectivity index (χ3n) is 2.87. The summed E-state index contributed by atoms with van der Waals surface area (Å²) in [6.45, 7) is 1.72. The number of carbonyl (C=O) groups excluding carboxylic acids is 1. The van der Waals surface area contributed by atoms with Crippen molar-refractivity contribution in [2.75, 3.05) is 0 Å². The van der Waals surface area contributed by atoms with Gasteiger partial charge >= 0.3 is 5.97 Å². The van der Waals surface area contributed by atoms with Crippen LogP contribution in [-0.2, 0) is 15.1 Å². The zero-order chi connectivity index (χ0) is 11.9. The molecule has 0 spiro atoms. The molecule has 1 aliphatic rings. The maximum atomic E-state index is 11.4. The van der Waals surface area contributed by atoms with E-state index in [-0.39, 0.29) is 12.3 Å². The van der Waals surface area contributed by atoms with Crippen LogP contribution in [0.2, 0.25) is 4.34 Å². The molecule has 0 aliphatic carbocycles. The van der Waals surface area contributed by atoms with Crippen LogP contribution in [0.25, 0.3) is 0 Å². The molecular weight excluding hydrogens is 250 g/mol. The number of rotatable bonds is 2. The maximum absolute atomic E-state index is 11.4. The lowest BCUT2D eigenvalue weighted by Crippen LogP contribution is -2.42. The lowest BCUT2D eigenvalue weighted by atomic mass is 9.86. The van der Waals surface area contributed by atoms with Gasteiger partial charge in [-0.25, -0.2) is 0 Å². The molecule has 1 amide bonds. The molecule has 1 aromatic rings. The number of hydrogen-bond donors (Lipinski definition) is 2. The van der Waals surface area contributed by atoms with Crippen molar-refractivity contribution in [1.29, 1.82) is 0 Å². The fraction of sp³-hybridized carbons (Fsp3) is 0.400. The normalized spacial score (nSPS) is 29.1. The molecule has 1 fully saturated rings. The van der Waals surface area contributed by atoms with Gasteiger partial charge in [0.05, 0.1) is 15.8 Å². The Hall–Kier alpha value is -1.07. The van der Waals surface area contributed by atoms with Crippen LogP contribution in [0.1, 0.15) is 18.2 Å². The third kappa shape index (κ3) is 1.70. The molecule has 0 radical (unpaired) electrons. The summed E-state index contributed by atoms with van der Waals surface area (Å²) in [7, 11) is 0. The number of carboxylic acids is 1. The molecule has 0 aromatic carbocycles. The smallest absolute Gasteiger partial charge is 0.309 e. The summed E-state index contributed by atoms with van der Waals surface area (Å²) < 4.78 is 0.585. The van der Waals surface area contributed by atoms with Crippen LogP contribution < -0.4 is 5.32 Å². The second-order valence-corrected chi connectivity index (χ2v) is 5.66. The van der Waals surface area contributed by atoms with Crippen LogP contribution in [0.3, 0.4) is 0 Å². The maximum Gasteiger partial charge on any atom is 0.309 e. The highest BCUT2D eigenvalue weighted by Crippen LogP contribution is 2.41. The van der Waals surface area contributed by atoms with Gasteiger partial charge in [-0.1, -0.05) is 11.6 Å². The molecule has 1 saturated heterocycles. The largest absolute Gasteiger partial charge is 0.481 e. The number of amides is 1. The molecule has 4 nitrogen and oxygen atoms in total. The molecule has 16 heavy (non-hydrogen) atoms. The van der Waals surface area contributed by atoms with Crippen LogP contribution in [0, 0.1) is 5.92 Å². The van der Waals surface area contributed by atoms with Gasteiger partial charge in [0, 0.05) is 11.3 Å². The van der Waals surface area contributed by atoms with Gasteiger partial charge in [-0.05, 0) is 19.1 Å². The average molecular weight is 260 g/mol. The van der Waals surface area contributed by atoms with Crippen molar-refractivity contribution in [3.8, 4) is 0 Å². The van der Waals surface area contributed by atoms with Gasteiger partial charge in [-0.3, -0.25) is 9.59 Å². The van der Waals surface area contributed by atoms with Crippen molar-refractivity contribution >= 4 is 34.8 Å². The molecule has 2 N–H and O–H groups in total. The van der Waals surface area contributed by atoms with Crippen molar-refractivity contribution < 1.29 is 14.7 Å². The first-order valence-corrected chi connectivity index (χ1v) is 5.92. The van der Waals surface area contributed by atoms with Crippen LogP contribution >= 0.6 is 22.9 Å². The van der Waals surface area contributed by atoms with Gasteiger partial charge in [-0.15, -0.1) is 11.3 Å². The Bertz CT molecular complexity index is 459. The Morgan fingerprint density at radius 1 is 1.69 bits per heavy atom. The van der Waals surface area contributed by atoms with Crippen molar-refractivity contribution in [3.05, 3.63) is 21.3 Å². The Labute approximate surface area is 101 Å². The lowest BCUT2D eigenvalue weighted by molar-refractivity contribution is -0.143. The van der Waals surface area contributed by atoms with Crippen molar-refractivity contribution in [2.24, 2.45) is 5.92 Å². The van der Waals surface area contributed by atoms with E-state index in [1.54, 1.807) is 19.1 Å². The van der Waals surface area contributed by atoms with Crippen molar-refractivity contribution in [3.63, 3.8) is 0 Å². The van der Waals surface area contributed by atoms with Crippen molar-refractivity contribution in [2.45, 2.75) is 18.9 Å². The molecule has 2 unspecified atom stereocenters. The van der Waals surface area contributed by atoms with E-state index >= 15 is 0 Å². The van der Waals surface area contributed by atoms with E-state index in [4.69, 9.17) is 16.7 Å². The highest BCUT2D eigenvalue weighted by molar-refractivity contribution is 7.16. The molecule has 0 bridgehead atoms. The standard InChI is InChI=1S/C10H10ClNO3S/c1-10(6-2-3-7(11)16-6)5(9(14)15)4-8(13)12-10/h2-3,5H,4H2,1H3,(H,12,13)(H,14,15). The Kier molecular flexibility index (Phi) is 2.67. The Balaban J connectivity index is 2.42. The fourth-order valence-electron chi connectivity index (χ4n) is 1.98. The highest BCUT2D eigenvalue weighted by atomic mass is 35.5. The monoisotopic (exact) mass is 259 g/mol. The first kappa shape index (κ1) is 11.4. The van der Waals surface area contributed by atoms with E-state index in [1.165, 1.54) is 11.3 Å². The van der Waals surface area contributed by atoms with Gasteiger partial charge in [0.25, 0.3) is 0 Å². The van der Waals surface area contributed by atoms with Crippen molar-refractivity contribution in [1.82, 2.24) is 5.32 Å². The molecule has 1 aromatic heterocycles. The molecule has 6 heteroatoms. The van der Waals surface area contributed by atoms with E-state index in [0.29, 0.717) is 4.34 Å². The number of carbonyl (C=O) groups is 2. The molecular formula is C10H10ClNO3S. The number of nitrogens with one attached hydrogen (secondary N) is 1. The third-order valence-corrected chi connectivity index (χ3v) is 4.34. The first-order chi connectivity index (χ1) is 7.43. The predicted molar refractivity (Wildman–Crippen MR) is 60.6 cm³/mol. The van der Waals surface area contributed by atoms with E-state index in [0.717, 1.165) is 4.88 Å². The minimum Gasteiger partial charge on any atom is -0.481 e. The number of halogens is 1. The van der Waals surface area contributed by atoms with Crippen LogP contribution in [0.15, 0.2) is 12.1 Å². The van der Waals surface area contributed by atoms with Gasteiger partial charge in [0.1, 0.15) is 0 Å². The highest BCUT2D eigenvalue weighted by Gasteiger charge is 2.49. The summed E-state index contributed by atoms with van der Waals surface area (Å²) in [4.78, 5) is 23.2. The average Bonchev–Trinajstić information content (AvgIpc) is 2.71. The summed E-state index contributed by atoms with van der Waals surface area (Å²) in [6.07, 6.45) is 0.0152. The predicted octanol–water partition coefficient (Wildman–Crippen LogP) is 1.84. The Morgan fingerprint density at radius 3 is 2.88 bits per heavy atom. The zero-order valence-corrected chi connectivity index (χ0v) is 10.1. The SMILES string of the molecule is CC1(c2ccc(Cl)s2)NC(=O)CC1C(=O)O. The molecule has 86 valence electrons. The minimum absolute atomic E-state index is 0.0152. The fourth-order valence-corrected chi connectivity index (χ4v) is 3.18. The first-order valence-electron chi connectivity index (χ1n) is 4.73. The summed E-state index contributed by atoms with van der Waals surface area (Å²) in [5.41, 5.74) is -0.847. The van der Waals surface area contributed by atoms with Gasteiger partial charge in [0.15, 0.2) is 0 Å². The van der Waals surface area contributed by atoms with E-state index < -0.39 is 17.4 Å². The van der Waals surface area contributed by atoms with E-state index in [2.05, 4.69) is 5.32 Å². The summed E-state index contributed by atoms with van der Waals surface area (Å²) >= 11 is 7.12. The van der Waals surface area contributed by atoms with Gasteiger partial charge in [0.2, 0.25) is 5.91 Å². The summed E-state index contributed by atoms with van der Waals surface area (Å²) in [5.74, 6) is -1.94. The van der Waals surface area contributed by atoms with Crippen LogP contribution in [-0.4, -0.2) is 17.0 Å². The quantitative estimate of drug-likeness (QED) is 0.852. The topological polar surface area (TPSA) is 66.4 Å². The zero-order valence-electron chi connectivity index (χ0n) is 8.49. The summed E-state index contributed by atoms with van der Waals surface area (Å²) in [6, 6.07) is 3.46. The summed E-state index contributed by atoms with van der Waals surface area (Å²) in [5, 5.41) is 11.8. The molecule has 0 saturated carbocycles. The van der Waals surface area contributed by atoms with Gasteiger partial charge < -0.3 is 10.4 Å². The number of carboxylic acid groups (broad SMARTS) is 1. The molecule has 2 rings (SSSR count). The number of hydrogen-bond acceptors (Lipinski definition) is 3. The second kappa shape index (κ2) is 3.75. The second-order valence-electron chi connectivity index (χ2n) is 3.95. The van der Waals surface area contributed by atoms with Gasteiger partial charge in [-0.2, -0.15) is 0 Å². The minimum atomic E-state index is -0.967. The van der Waals surface area contributed by atoms with E-state index in [1.807, 2.05) is 0 Å². The Morgan fingerprint density at radius 2 is 2.38 bits per heavy atom. The molecule has 2 atom stereocenters. The number of aliphatic carboxylic acids is 1. The van der Waals surface area contributed by atoms with E-state index in [9.17, 15) is 9.59 Å². The molecule has 1 aliphatic heterocycles. The van der Waals surface area contributed by atoms with Crippen LogP contribution in [0.4, 0.5) is 0 Å².